The summed E-state index contributed by atoms with van der Waals surface area (Å²) in [5.74, 6) is 1.33. The monoisotopic (exact) mass is 574 g/mol. The van der Waals surface area contributed by atoms with Crippen molar-refractivity contribution in [3.05, 3.63) is 80.8 Å². The number of carbonyl (C=O) groups excluding carboxylic acids is 1. The molecule has 1 amide bonds. The Balaban J connectivity index is 1.50. The summed E-state index contributed by atoms with van der Waals surface area (Å²) in [6.45, 7) is 3.50. The molecule has 4 rings (SSSR count). The van der Waals surface area contributed by atoms with Crippen molar-refractivity contribution in [2.75, 3.05) is 7.11 Å². The van der Waals surface area contributed by atoms with Crippen molar-refractivity contribution in [3.8, 4) is 11.5 Å². The Kier molecular flexibility index (Phi) is 7.29. The van der Waals surface area contributed by atoms with E-state index in [1.54, 1.807) is 24.3 Å². The number of aromatic nitrogens is 2. The van der Waals surface area contributed by atoms with Crippen LogP contribution in [0.25, 0.3) is 6.08 Å². The molecule has 1 fully saturated rings. The van der Waals surface area contributed by atoms with E-state index in [2.05, 4.69) is 33.0 Å². The van der Waals surface area contributed by atoms with Crippen LogP contribution in [0.2, 0.25) is 0 Å². The number of nitrogens with zero attached hydrogens (tertiary/aromatic N) is 3. The van der Waals surface area contributed by atoms with Gasteiger partial charge in [-0.25, -0.2) is 0 Å². The van der Waals surface area contributed by atoms with Gasteiger partial charge in [-0.1, -0.05) is 6.07 Å². The van der Waals surface area contributed by atoms with Crippen LogP contribution in [-0.4, -0.2) is 32.8 Å². The normalized spacial score (nSPS) is 14.6. The predicted molar refractivity (Wildman–Crippen MR) is 139 cm³/mol. The van der Waals surface area contributed by atoms with Gasteiger partial charge < -0.3 is 14.8 Å². The quantitative estimate of drug-likeness (QED) is 0.245. The summed E-state index contributed by atoms with van der Waals surface area (Å²) in [7, 11) is 1.63. The highest BCUT2D eigenvalue weighted by Gasteiger charge is 2.30. The molecule has 0 aliphatic carbocycles. The highest BCUT2D eigenvalue weighted by atomic mass is 127. The van der Waals surface area contributed by atoms with Gasteiger partial charge in [0.05, 0.1) is 19.9 Å². The van der Waals surface area contributed by atoms with E-state index >= 15 is 0 Å². The summed E-state index contributed by atoms with van der Waals surface area (Å²) >= 11 is 7.66. The molecule has 0 spiro atoms. The van der Waals surface area contributed by atoms with Gasteiger partial charge in [-0.15, -0.1) is 0 Å². The number of thiocarbonyl (C=S) groups is 1. The average Bonchev–Trinajstić information content (AvgIpc) is 3.38. The second-order valence-corrected chi connectivity index (χ2v) is 9.03. The van der Waals surface area contributed by atoms with Gasteiger partial charge >= 0.3 is 0 Å². The van der Waals surface area contributed by atoms with Crippen molar-refractivity contribution in [1.29, 1.82) is 0 Å². The van der Waals surface area contributed by atoms with E-state index < -0.39 is 0 Å². The summed E-state index contributed by atoms with van der Waals surface area (Å²) in [6, 6.07) is 13.6. The maximum absolute atomic E-state index is 13.0. The molecular formula is C24H23IN4O3S. The molecule has 2 heterocycles. The maximum atomic E-state index is 13.0. The molecule has 1 aliphatic heterocycles. The predicted octanol–water partition coefficient (Wildman–Crippen LogP) is 4.35. The van der Waals surface area contributed by atoms with Gasteiger partial charge in [-0.3, -0.25) is 14.4 Å². The molecule has 2 aromatic carbocycles. The van der Waals surface area contributed by atoms with Crippen molar-refractivity contribution in [2.24, 2.45) is 0 Å². The number of amides is 1. The zero-order chi connectivity index (χ0) is 23.4. The summed E-state index contributed by atoms with van der Waals surface area (Å²) in [4.78, 5) is 14.5. The van der Waals surface area contributed by atoms with Crippen LogP contribution in [0, 0.1) is 3.57 Å². The van der Waals surface area contributed by atoms with Crippen LogP contribution in [0.5, 0.6) is 11.5 Å². The van der Waals surface area contributed by atoms with Gasteiger partial charge in [-0.05, 0) is 89.8 Å². The largest absolute Gasteiger partial charge is 0.496 e. The van der Waals surface area contributed by atoms with E-state index in [-0.39, 0.29) is 5.91 Å². The third-order valence-electron chi connectivity index (χ3n) is 5.14. The van der Waals surface area contributed by atoms with E-state index in [1.807, 2.05) is 60.3 Å². The number of nitrogens with one attached hydrogen (secondary N) is 1. The number of rotatable bonds is 8. The number of halogens is 1. The highest BCUT2D eigenvalue weighted by Crippen LogP contribution is 2.25. The standard InChI is InChI=1S/C24H23IN4O3S/c1-3-28-13-17(12-26-28)14-29-23(30)21(27-24(29)33)11-16-4-9-22(31-2)18(10-16)15-32-20-7-5-19(25)6-8-20/h4-13H,3,14-15H2,1-2H3,(H,27,33)/b21-11+. The van der Waals surface area contributed by atoms with Gasteiger partial charge in [-0.2, -0.15) is 5.10 Å². The number of methoxy groups -OCH3 is 1. The zero-order valence-corrected chi connectivity index (χ0v) is 21.2. The fraction of sp³-hybridized carbons (Fsp3) is 0.208. The molecule has 1 aliphatic rings. The minimum absolute atomic E-state index is 0.170. The molecule has 0 radical (unpaired) electrons. The summed E-state index contributed by atoms with van der Waals surface area (Å²) < 4.78 is 14.4. The van der Waals surface area contributed by atoms with Crippen molar-refractivity contribution in [1.82, 2.24) is 20.0 Å². The molecule has 1 aromatic heterocycles. The third kappa shape index (κ3) is 5.53. The second-order valence-electron chi connectivity index (χ2n) is 7.40. The van der Waals surface area contributed by atoms with Crippen molar-refractivity contribution in [3.63, 3.8) is 0 Å². The first kappa shape index (κ1) is 23.2. The first-order chi connectivity index (χ1) is 16.0. The molecule has 7 nitrogen and oxygen atoms in total. The number of carbonyl (C=O) groups is 1. The minimum Gasteiger partial charge on any atom is -0.496 e. The number of benzene rings is 2. The molecule has 170 valence electrons. The lowest BCUT2D eigenvalue weighted by atomic mass is 10.1. The Bertz CT molecular complexity index is 1210. The third-order valence-corrected chi connectivity index (χ3v) is 6.18. The van der Waals surface area contributed by atoms with Crippen LogP contribution in [0.15, 0.2) is 60.6 Å². The second kappa shape index (κ2) is 10.3. The van der Waals surface area contributed by atoms with Crippen molar-refractivity contribution in [2.45, 2.75) is 26.6 Å². The Morgan fingerprint density at radius 1 is 1.21 bits per heavy atom. The van der Waals surface area contributed by atoms with Gasteiger partial charge in [0, 0.05) is 27.4 Å². The van der Waals surface area contributed by atoms with E-state index in [0.717, 1.165) is 38.3 Å². The van der Waals surface area contributed by atoms with Gasteiger partial charge in [0.15, 0.2) is 5.11 Å². The van der Waals surface area contributed by atoms with Crippen LogP contribution in [0.4, 0.5) is 0 Å². The molecular weight excluding hydrogens is 551 g/mol. The van der Waals surface area contributed by atoms with Gasteiger partial charge in [0.2, 0.25) is 0 Å². The molecule has 0 unspecified atom stereocenters. The summed E-state index contributed by atoms with van der Waals surface area (Å²) in [5, 5.41) is 7.67. The minimum atomic E-state index is -0.170. The molecule has 1 saturated heterocycles. The summed E-state index contributed by atoms with van der Waals surface area (Å²) in [6.07, 6.45) is 5.46. The molecule has 0 bridgehead atoms. The van der Waals surface area contributed by atoms with Crippen LogP contribution >= 0.6 is 34.8 Å². The zero-order valence-electron chi connectivity index (χ0n) is 18.2. The lowest BCUT2D eigenvalue weighted by Gasteiger charge is -2.12. The number of hydrogen-bond acceptors (Lipinski definition) is 5. The highest BCUT2D eigenvalue weighted by molar-refractivity contribution is 14.1. The van der Waals surface area contributed by atoms with Crippen LogP contribution in [0.3, 0.4) is 0 Å². The lowest BCUT2D eigenvalue weighted by molar-refractivity contribution is -0.122. The lowest BCUT2D eigenvalue weighted by Crippen LogP contribution is -2.29. The molecule has 9 heteroatoms. The van der Waals surface area contributed by atoms with Crippen LogP contribution in [0.1, 0.15) is 23.6 Å². The van der Waals surface area contributed by atoms with E-state index in [0.29, 0.717) is 24.0 Å². The Morgan fingerprint density at radius 2 is 2.00 bits per heavy atom. The van der Waals surface area contributed by atoms with E-state index in [9.17, 15) is 4.79 Å². The van der Waals surface area contributed by atoms with Crippen molar-refractivity contribution < 1.29 is 14.3 Å². The first-order valence-electron chi connectivity index (χ1n) is 10.4. The Labute approximate surface area is 211 Å². The van der Waals surface area contributed by atoms with Crippen molar-refractivity contribution >= 4 is 51.9 Å². The molecule has 33 heavy (non-hydrogen) atoms. The molecule has 0 saturated carbocycles. The molecule has 1 N–H and O–H groups in total. The van der Waals surface area contributed by atoms with Crippen LogP contribution in [-0.2, 0) is 24.5 Å². The van der Waals surface area contributed by atoms with Gasteiger partial charge in [0.25, 0.3) is 5.91 Å². The average molecular weight is 574 g/mol. The maximum Gasteiger partial charge on any atom is 0.276 e. The summed E-state index contributed by atoms with van der Waals surface area (Å²) in [5.41, 5.74) is 3.08. The fourth-order valence-corrected chi connectivity index (χ4v) is 4.04. The fourth-order valence-electron chi connectivity index (χ4n) is 3.42. The Morgan fingerprint density at radius 3 is 2.70 bits per heavy atom. The topological polar surface area (TPSA) is 68.6 Å². The first-order valence-corrected chi connectivity index (χ1v) is 11.9. The SMILES string of the molecule is CCn1cc(CN2C(=O)/C(=C\c3ccc(OC)c(COc4ccc(I)cc4)c3)NC2=S)cn1. The number of aryl methyl sites for hydroxylation is 1. The number of hydrogen-bond donors (Lipinski definition) is 1. The van der Waals surface area contributed by atoms with E-state index in [4.69, 9.17) is 21.7 Å². The van der Waals surface area contributed by atoms with Crippen LogP contribution < -0.4 is 14.8 Å². The smallest absolute Gasteiger partial charge is 0.276 e. The Hall–Kier alpha value is -2.92. The molecule has 0 atom stereocenters. The molecule has 3 aromatic rings. The number of ether oxygens (including phenoxy) is 2. The van der Waals surface area contributed by atoms with E-state index in [1.165, 1.54) is 0 Å². The van der Waals surface area contributed by atoms with Gasteiger partial charge in [0.1, 0.15) is 23.8 Å².